The summed E-state index contributed by atoms with van der Waals surface area (Å²) in [6, 6.07) is 0. The van der Waals surface area contributed by atoms with E-state index in [0.717, 1.165) is 0 Å². The van der Waals surface area contributed by atoms with E-state index >= 15 is 0 Å². The van der Waals surface area contributed by atoms with E-state index < -0.39 is 7.42 Å². The van der Waals surface area contributed by atoms with Gasteiger partial charge in [-0.1, -0.05) is 65.2 Å². The van der Waals surface area contributed by atoms with Gasteiger partial charge in [-0.2, -0.15) is 22.2 Å². The average molecular weight is 255 g/mol. The molecule has 0 bridgehead atoms. The molecule has 0 saturated heterocycles. The minimum absolute atomic E-state index is 0.592. The minimum atomic E-state index is -1.39. The molecule has 0 heterocycles. The van der Waals surface area contributed by atoms with E-state index in [9.17, 15) is 0 Å². The lowest BCUT2D eigenvalue weighted by Gasteiger charge is -2.09. The summed E-state index contributed by atoms with van der Waals surface area (Å²) >= 11 is 11.8. The van der Waals surface area contributed by atoms with Crippen molar-refractivity contribution < 1.29 is 0 Å². The van der Waals surface area contributed by atoms with Gasteiger partial charge in [0.2, 0.25) is 7.42 Å². The van der Waals surface area contributed by atoms with E-state index in [1.807, 2.05) is 0 Å². The maximum atomic E-state index is 5.91. The van der Waals surface area contributed by atoms with Gasteiger partial charge in [0.1, 0.15) is 0 Å². The summed E-state index contributed by atoms with van der Waals surface area (Å²) in [6.07, 6.45) is 10.9. The van der Waals surface area contributed by atoms with Crippen molar-refractivity contribution in [3.63, 3.8) is 0 Å². The van der Waals surface area contributed by atoms with Crippen LogP contribution < -0.4 is 0 Å². The first kappa shape index (κ1) is 14.8. The maximum absolute atomic E-state index is 5.91. The molecule has 14 heavy (non-hydrogen) atoms. The minimum Gasteiger partial charge on any atom is -0.150 e. The smallest absolute Gasteiger partial charge is 0.150 e. The van der Waals surface area contributed by atoms with Crippen LogP contribution in [0.1, 0.15) is 65.2 Å². The van der Waals surface area contributed by atoms with E-state index in [-0.39, 0.29) is 0 Å². The topological polar surface area (TPSA) is 0 Å². The number of hydrogen-bond donors (Lipinski definition) is 0. The molecule has 1 unspecified atom stereocenters. The lowest BCUT2D eigenvalue weighted by atomic mass is 10.1. The summed E-state index contributed by atoms with van der Waals surface area (Å²) in [6.45, 7) is 4.45. The second-order valence-corrected chi connectivity index (χ2v) is 9.52. The number of unbranched alkanes of at least 4 members (excludes halogenated alkanes) is 6. The van der Waals surface area contributed by atoms with Gasteiger partial charge < -0.3 is 0 Å². The number of rotatable bonds is 9. The quantitative estimate of drug-likeness (QED) is 0.301. The van der Waals surface area contributed by atoms with Crippen molar-refractivity contribution in [1.29, 1.82) is 0 Å². The largest absolute Gasteiger partial charge is 0.239 e. The first-order chi connectivity index (χ1) is 6.68. The van der Waals surface area contributed by atoms with Crippen LogP contribution in [0, 0.1) is 0 Å². The van der Waals surface area contributed by atoms with Crippen LogP contribution >= 0.6 is 22.2 Å². The van der Waals surface area contributed by atoms with Gasteiger partial charge in [0.25, 0.3) is 0 Å². The van der Waals surface area contributed by atoms with Crippen molar-refractivity contribution in [2.24, 2.45) is 0 Å². The molecule has 0 aromatic heterocycles. The molecule has 0 saturated carbocycles. The second kappa shape index (κ2) is 10.3. The van der Waals surface area contributed by atoms with Crippen molar-refractivity contribution in [1.82, 2.24) is 0 Å². The third-order valence-electron chi connectivity index (χ3n) is 2.69. The SMILES string of the molecule is CCCCCCCCCC(C)[SiH](Cl)Cl. The molecule has 86 valence electrons. The molecule has 0 amide bonds. The zero-order valence-corrected chi connectivity index (χ0v) is 12.2. The molecule has 0 aromatic rings. The molecule has 0 aliphatic carbocycles. The summed E-state index contributed by atoms with van der Waals surface area (Å²) < 4.78 is 0. The van der Waals surface area contributed by atoms with Crippen molar-refractivity contribution in [2.45, 2.75) is 70.8 Å². The van der Waals surface area contributed by atoms with Gasteiger partial charge in [0.05, 0.1) is 0 Å². The van der Waals surface area contributed by atoms with Crippen molar-refractivity contribution in [3.8, 4) is 0 Å². The normalized spacial score (nSPS) is 13.5. The van der Waals surface area contributed by atoms with Crippen LogP contribution in [-0.2, 0) is 0 Å². The fourth-order valence-electron chi connectivity index (χ4n) is 1.55. The molecule has 0 N–H and O–H groups in total. The summed E-state index contributed by atoms with van der Waals surface area (Å²) in [4.78, 5) is 0. The average Bonchev–Trinajstić information content (AvgIpc) is 2.16. The van der Waals surface area contributed by atoms with Crippen molar-refractivity contribution in [3.05, 3.63) is 0 Å². The molecule has 0 fully saturated rings. The Morgan fingerprint density at radius 1 is 0.929 bits per heavy atom. The molecule has 0 aromatic carbocycles. The highest BCUT2D eigenvalue weighted by molar-refractivity contribution is 7.34. The van der Waals surface area contributed by atoms with E-state index in [1.165, 1.54) is 51.4 Å². The van der Waals surface area contributed by atoms with E-state index in [2.05, 4.69) is 13.8 Å². The van der Waals surface area contributed by atoms with Gasteiger partial charge in [-0.3, -0.25) is 0 Å². The summed E-state index contributed by atoms with van der Waals surface area (Å²) in [7, 11) is -1.39. The molecule has 0 aliphatic rings. The molecule has 0 radical (unpaired) electrons. The summed E-state index contributed by atoms with van der Waals surface area (Å²) in [5, 5.41) is 0. The lowest BCUT2D eigenvalue weighted by molar-refractivity contribution is 0.571. The van der Waals surface area contributed by atoms with Crippen LogP contribution in [0.5, 0.6) is 0 Å². The second-order valence-electron chi connectivity index (χ2n) is 4.22. The predicted octanol–water partition coefficient (Wildman–Crippen LogP) is 5.22. The Bertz CT molecular complexity index is 118. The third-order valence-corrected chi connectivity index (χ3v) is 6.47. The molecular formula is C11H24Cl2Si. The van der Waals surface area contributed by atoms with Crippen LogP contribution in [0.3, 0.4) is 0 Å². The zero-order valence-electron chi connectivity index (χ0n) is 9.57. The Hall–Kier alpha value is 0.797. The Kier molecular flexibility index (Phi) is 10.9. The number of hydrogen-bond acceptors (Lipinski definition) is 0. The van der Waals surface area contributed by atoms with Crippen molar-refractivity contribution in [2.75, 3.05) is 0 Å². The Morgan fingerprint density at radius 2 is 1.43 bits per heavy atom. The first-order valence-corrected chi connectivity index (χ1v) is 10.1. The van der Waals surface area contributed by atoms with Gasteiger partial charge in [-0.25, -0.2) is 0 Å². The summed E-state index contributed by atoms with van der Waals surface area (Å²) in [5.74, 6) is 0. The maximum Gasteiger partial charge on any atom is 0.239 e. The Morgan fingerprint density at radius 3 is 1.93 bits per heavy atom. The van der Waals surface area contributed by atoms with Gasteiger partial charge in [-0.05, 0) is 5.54 Å². The van der Waals surface area contributed by atoms with Crippen molar-refractivity contribution >= 4 is 29.6 Å². The molecule has 1 atom stereocenters. The lowest BCUT2D eigenvalue weighted by Crippen LogP contribution is -2.02. The third kappa shape index (κ3) is 9.36. The standard InChI is InChI=1S/C11H24Cl2Si/c1-3-4-5-6-7-8-9-10-11(2)14(12)13/h11,14H,3-10H2,1-2H3. The Balaban J connectivity index is 3.06. The first-order valence-electron chi connectivity index (χ1n) is 5.96. The fraction of sp³-hybridized carbons (Fsp3) is 1.00. The summed E-state index contributed by atoms with van der Waals surface area (Å²) in [5.41, 5.74) is 0.592. The molecule has 3 heteroatoms. The molecule has 0 rings (SSSR count). The van der Waals surface area contributed by atoms with Crippen LogP contribution in [0.2, 0.25) is 5.54 Å². The fourth-order valence-corrected chi connectivity index (χ4v) is 2.79. The van der Waals surface area contributed by atoms with E-state index in [0.29, 0.717) is 5.54 Å². The van der Waals surface area contributed by atoms with Crippen LogP contribution in [-0.4, -0.2) is 7.42 Å². The van der Waals surface area contributed by atoms with Gasteiger partial charge in [-0.15, -0.1) is 0 Å². The van der Waals surface area contributed by atoms with Gasteiger partial charge in [0, 0.05) is 0 Å². The van der Waals surface area contributed by atoms with Crippen LogP contribution in [0.4, 0.5) is 0 Å². The number of halogens is 2. The van der Waals surface area contributed by atoms with E-state index in [1.54, 1.807) is 0 Å². The molecule has 0 nitrogen and oxygen atoms in total. The molecule has 0 spiro atoms. The van der Waals surface area contributed by atoms with Crippen LogP contribution in [0.15, 0.2) is 0 Å². The molecule has 0 aliphatic heterocycles. The highest BCUT2D eigenvalue weighted by atomic mass is 35.7. The monoisotopic (exact) mass is 254 g/mol. The zero-order chi connectivity index (χ0) is 10.8. The van der Waals surface area contributed by atoms with Crippen LogP contribution in [0.25, 0.3) is 0 Å². The van der Waals surface area contributed by atoms with E-state index in [4.69, 9.17) is 22.2 Å². The molecular weight excluding hydrogens is 231 g/mol. The Labute approximate surface area is 100 Å². The highest BCUT2D eigenvalue weighted by Crippen LogP contribution is 2.23. The van der Waals surface area contributed by atoms with Gasteiger partial charge in [0.15, 0.2) is 0 Å². The van der Waals surface area contributed by atoms with Gasteiger partial charge >= 0.3 is 0 Å². The predicted molar refractivity (Wildman–Crippen MR) is 70.9 cm³/mol. The highest BCUT2D eigenvalue weighted by Gasteiger charge is 2.12.